The van der Waals surface area contributed by atoms with E-state index in [0.29, 0.717) is 6.42 Å². The maximum atomic E-state index is 11.5. The van der Waals surface area contributed by atoms with Gasteiger partial charge in [-0.2, -0.15) is 0 Å². The molecule has 0 aromatic rings. The van der Waals surface area contributed by atoms with Crippen LogP contribution in [0.3, 0.4) is 0 Å². The number of carboxylic acids is 1. The van der Waals surface area contributed by atoms with Crippen LogP contribution in [-0.2, 0) is 9.59 Å². The summed E-state index contributed by atoms with van der Waals surface area (Å²) in [7, 11) is 0. The second-order valence-electron chi connectivity index (χ2n) is 3.53. The smallest absolute Gasteiger partial charge is 0.328 e. The summed E-state index contributed by atoms with van der Waals surface area (Å²) in [6, 6.07) is -0.835. The van der Waals surface area contributed by atoms with E-state index in [1.165, 1.54) is 16.7 Å². The van der Waals surface area contributed by atoms with Crippen molar-refractivity contribution in [2.45, 2.75) is 36.1 Å². The van der Waals surface area contributed by atoms with E-state index in [9.17, 15) is 9.59 Å². The molecule has 1 amide bonds. The van der Waals surface area contributed by atoms with Gasteiger partial charge in [-0.15, -0.1) is 11.8 Å². The zero-order valence-electron chi connectivity index (χ0n) is 7.55. The van der Waals surface area contributed by atoms with Crippen molar-refractivity contribution in [3.8, 4) is 0 Å². The van der Waals surface area contributed by atoms with E-state index in [4.69, 9.17) is 10.8 Å². The summed E-state index contributed by atoms with van der Waals surface area (Å²) in [4.78, 5) is 23.9. The SMILES string of the molecule is NC1SC2CCCC(=O)N2C1C(=O)O. The molecule has 3 atom stereocenters. The number of nitrogens with zero attached hydrogens (tertiary/aromatic N) is 1. The van der Waals surface area contributed by atoms with Crippen LogP contribution in [0.4, 0.5) is 0 Å². The van der Waals surface area contributed by atoms with Crippen LogP contribution in [0, 0.1) is 0 Å². The molecular formula is C8H12N2O3S. The highest BCUT2D eigenvalue weighted by atomic mass is 32.2. The molecule has 2 saturated heterocycles. The lowest BCUT2D eigenvalue weighted by Crippen LogP contribution is -2.51. The third-order valence-electron chi connectivity index (χ3n) is 2.62. The molecular weight excluding hydrogens is 204 g/mol. The fourth-order valence-corrected chi connectivity index (χ4v) is 3.44. The normalized spacial score (nSPS) is 37.1. The number of carboxylic acid groups (broad SMARTS) is 1. The Morgan fingerprint density at radius 2 is 2.36 bits per heavy atom. The van der Waals surface area contributed by atoms with E-state index < -0.39 is 17.4 Å². The lowest BCUT2D eigenvalue weighted by atomic mass is 10.1. The van der Waals surface area contributed by atoms with Gasteiger partial charge in [-0.05, 0) is 12.8 Å². The number of carbonyl (C=O) groups excluding carboxylic acids is 1. The zero-order chi connectivity index (χ0) is 10.3. The highest BCUT2D eigenvalue weighted by molar-refractivity contribution is 8.00. The van der Waals surface area contributed by atoms with Gasteiger partial charge in [0.1, 0.15) is 0 Å². The van der Waals surface area contributed by atoms with Crippen molar-refractivity contribution in [2.24, 2.45) is 5.73 Å². The summed E-state index contributed by atoms with van der Waals surface area (Å²) in [6.45, 7) is 0. The van der Waals surface area contributed by atoms with Gasteiger partial charge in [0.2, 0.25) is 5.91 Å². The van der Waals surface area contributed by atoms with Crippen LogP contribution in [0.2, 0.25) is 0 Å². The number of piperidine rings is 1. The molecule has 0 bridgehead atoms. The second-order valence-corrected chi connectivity index (χ2v) is 4.89. The van der Waals surface area contributed by atoms with Gasteiger partial charge in [-0.1, -0.05) is 0 Å². The highest BCUT2D eigenvalue weighted by Gasteiger charge is 2.47. The van der Waals surface area contributed by atoms with Crippen LogP contribution < -0.4 is 5.73 Å². The van der Waals surface area contributed by atoms with Crippen LogP contribution in [0.25, 0.3) is 0 Å². The monoisotopic (exact) mass is 216 g/mol. The predicted octanol–water partition coefficient (Wildman–Crippen LogP) is -0.190. The number of hydrogen-bond donors (Lipinski definition) is 2. The van der Waals surface area contributed by atoms with E-state index in [0.717, 1.165) is 12.8 Å². The first-order chi connectivity index (χ1) is 6.61. The molecule has 5 nitrogen and oxygen atoms in total. The molecule has 3 N–H and O–H groups in total. The standard InChI is InChI=1S/C8H12N2O3S/c9-7-6(8(12)13)10-4(11)2-1-3-5(10)14-7/h5-7H,1-3,9H2,(H,12,13). The van der Waals surface area contributed by atoms with E-state index in [2.05, 4.69) is 0 Å². The average molecular weight is 216 g/mol. The minimum Gasteiger partial charge on any atom is -0.480 e. The molecule has 0 spiro atoms. The largest absolute Gasteiger partial charge is 0.480 e. The number of aliphatic carboxylic acids is 1. The Bertz CT molecular complexity index is 284. The Morgan fingerprint density at radius 1 is 1.64 bits per heavy atom. The first-order valence-corrected chi connectivity index (χ1v) is 5.50. The maximum absolute atomic E-state index is 11.5. The molecule has 2 aliphatic heterocycles. The number of rotatable bonds is 1. The van der Waals surface area contributed by atoms with E-state index in [1.54, 1.807) is 0 Å². The Hall–Kier alpha value is -0.750. The first-order valence-electron chi connectivity index (χ1n) is 4.56. The van der Waals surface area contributed by atoms with Crippen molar-refractivity contribution in [3.05, 3.63) is 0 Å². The number of thioether (sulfide) groups is 1. The van der Waals surface area contributed by atoms with Gasteiger partial charge in [0.05, 0.1) is 10.7 Å². The number of fused-ring (bicyclic) bond motifs is 1. The third kappa shape index (κ3) is 1.38. The number of amides is 1. The van der Waals surface area contributed by atoms with E-state index >= 15 is 0 Å². The van der Waals surface area contributed by atoms with Crippen molar-refractivity contribution in [1.29, 1.82) is 0 Å². The van der Waals surface area contributed by atoms with Gasteiger partial charge in [0.25, 0.3) is 0 Å². The molecule has 0 aromatic carbocycles. The molecule has 6 heteroatoms. The van der Waals surface area contributed by atoms with Crippen LogP contribution in [-0.4, -0.2) is 38.7 Å². The highest BCUT2D eigenvalue weighted by Crippen LogP contribution is 2.39. The Labute approximate surface area is 85.6 Å². The number of hydrogen-bond acceptors (Lipinski definition) is 4. The molecule has 14 heavy (non-hydrogen) atoms. The fraction of sp³-hybridized carbons (Fsp3) is 0.750. The Kier molecular flexibility index (Phi) is 2.40. The van der Waals surface area contributed by atoms with Gasteiger partial charge < -0.3 is 15.7 Å². The topological polar surface area (TPSA) is 83.6 Å². The zero-order valence-corrected chi connectivity index (χ0v) is 8.37. The molecule has 78 valence electrons. The van der Waals surface area contributed by atoms with Crippen molar-refractivity contribution >= 4 is 23.6 Å². The molecule has 0 aromatic heterocycles. The molecule has 2 rings (SSSR count). The predicted molar refractivity (Wildman–Crippen MR) is 51.5 cm³/mol. The quantitative estimate of drug-likeness (QED) is 0.634. The van der Waals surface area contributed by atoms with Crippen LogP contribution >= 0.6 is 11.8 Å². The van der Waals surface area contributed by atoms with Crippen molar-refractivity contribution in [2.75, 3.05) is 0 Å². The van der Waals surface area contributed by atoms with Gasteiger partial charge in [0.15, 0.2) is 6.04 Å². The van der Waals surface area contributed by atoms with Gasteiger partial charge in [-0.3, -0.25) is 4.79 Å². The first kappa shape index (κ1) is 9.79. The average Bonchev–Trinajstić information content (AvgIpc) is 2.42. The third-order valence-corrected chi connectivity index (χ3v) is 3.97. The van der Waals surface area contributed by atoms with Gasteiger partial charge in [0, 0.05) is 6.42 Å². The maximum Gasteiger partial charge on any atom is 0.328 e. The second kappa shape index (κ2) is 3.43. The molecule has 0 aliphatic carbocycles. The number of carbonyl (C=O) groups is 2. The van der Waals surface area contributed by atoms with E-state index in [-0.39, 0.29) is 11.3 Å². The summed E-state index contributed by atoms with van der Waals surface area (Å²) < 4.78 is 0. The lowest BCUT2D eigenvalue weighted by molar-refractivity contribution is -0.151. The Balaban J connectivity index is 2.24. The summed E-state index contributed by atoms with van der Waals surface area (Å²) in [5.74, 6) is -1.07. The summed E-state index contributed by atoms with van der Waals surface area (Å²) in [5.41, 5.74) is 5.69. The van der Waals surface area contributed by atoms with Gasteiger partial charge in [-0.25, -0.2) is 4.79 Å². The van der Waals surface area contributed by atoms with Crippen molar-refractivity contribution in [1.82, 2.24) is 4.90 Å². The van der Waals surface area contributed by atoms with Crippen molar-refractivity contribution in [3.63, 3.8) is 0 Å². The van der Waals surface area contributed by atoms with Crippen LogP contribution in [0.1, 0.15) is 19.3 Å². The fourth-order valence-electron chi connectivity index (χ4n) is 2.00. The van der Waals surface area contributed by atoms with E-state index in [1.807, 2.05) is 0 Å². The summed E-state index contributed by atoms with van der Waals surface area (Å²) in [5, 5.41) is 8.45. The van der Waals surface area contributed by atoms with Gasteiger partial charge >= 0.3 is 5.97 Å². The number of nitrogens with two attached hydrogens (primary N) is 1. The molecule has 3 unspecified atom stereocenters. The Morgan fingerprint density at radius 3 is 3.00 bits per heavy atom. The molecule has 0 radical (unpaired) electrons. The summed E-state index contributed by atoms with van der Waals surface area (Å²) >= 11 is 1.39. The minimum absolute atomic E-state index is 0.0210. The van der Waals surface area contributed by atoms with Crippen LogP contribution in [0.5, 0.6) is 0 Å². The molecule has 2 aliphatic rings. The minimum atomic E-state index is -0.997. The lowest BCUT2D eigenvalue weighted by Gasteiger charge is -2.31. The summed E-state index contributed by atoms with van der Waals surface area (Å²) in [6.07, 6.45) is 2.15. The van der Waals surface area contributed by atoms with Crippen molar-refractivity contribution < 1.29 is 14.7 Å². The molecule has 2 fully saturated rings. The molecule has 0 saturated carbocycles. The van der Waals surface area contributed by atoms with Crippen LogP contribution in [0.15, 0.2) is 0 Å². The molecule has 2 heterocycles.